The molecule has 23 heavy (non-hydrogen) atoms. The third-order valence-electron chi connectivity index (χ3n) is 3.19. The predicted octanol–water partition coefficient (Wildman–Crippen LogP) is 4.65. The van der Waals surface area contributed by atoms with Gasteiger partial charge in [0.1, 0.15) is 11.5 Å². The summed E-state index contributed by atoms with van der Waals surface area (Å²) in [6.07, 6.45) is 0.270. The molecule has 3 rings (SSSR count). The van der Waals surface area contributed by atoms with Gasteiger partial charge in [-0.3, -0.25) is 4.79 Å². The van der Waals surface area contributed by atoms with E-state index >= 15 is 0 Å². The Morgan fingerprint density at radius 2 is 1.78 bits per heavy atom. The molecule has 0 aliphatic carbocycles. The minimum Gasteiger partial charge on any atom is -0.483 e. The van der Waals surface area contributed by atoms with Crippen LogP contribution in [0.15, 0.2) is 54.6 Å². The van der Waals surface area contributed by atoms with Crippen molar-refractivity contribution in [1.82, 2.24) is 4.98 Å². The number of aromatic nitrogens is 1. The van der Waals surface area contributed by atoms with Crippen LogP contribution < -0.4 is 9.47 Å². The summed E-state index contributed by atoms with van der Waals surface area (Å²) in [5.41, 5.74) is 0.812. The molecule has 5 heteroatoms. The molecular weight excluding hydrogens is 314 g/mol. The van der Waals surface area contributed by atoms with Crippen LogP contribution in [0.3, 0.4) is 0 Å². The summed E-state index contributed by atoms with van der Waals surface area (Å²) in [6.45, 7) is 1.68. The fraction of sp³-hybridized carbons (Fsp3) is 0.111. The quantitative estimate of drug-likeness (QED) is 0.640. The van der Waals surface area contributed by atoms with Crippen LogP contribution in [-0.2, 0) is 4.79 Å². The molecule has 1 aromatic heterocycles. The molecule has 2 aromatic carbocycles. The maximum Gasteiger partial charge on any atom is 0.219 e. The highest BCUT2D eigenvalue weighted by atomic mass is 35.5. The highest BCUT2D eigenvalue weighted by Gasteiger charge is 2.04. The fourth-order valence-electron chi connectivity index (χ4n) is 2.08. The summed E-state index contributed by atoms with van der Waals surface area (Å²) in [5, 5.41) is 1.63. The Balaban J connectivity index is 1.76. The first kappa shape index (κ1) is 15.3. The van der Waals surface area contributed by atoms with Crippen molar-refractivity contribution >= 4 is 28.8 Å². The Kier molecular flexibility index (Phi) is 4.44. The number of carbonyl (C=O) groups is 1. The molecule has 0 saturated heterocycles. The Morgan fingerprint density at radius 3 is 2.52 bits per heavy atom. The van der Waals surface area contributed by atoms with Gasteiger partial charge < -0.3 is 9.47 Å². The second kappa shape index (κ2) is 6.67. The summed E-state index contributed by atoms with van der Waals surface area (Å²) < 4.78 is 11.1. The number of rotatable bonds is 5. The van der Waals surface area contributed by atoms with Crippen LogP contribution in [0.4, 0.5) is 0 Å². The Bertz CT molecular complexity index is 833. The molecule has 1 unspecified atom stereocenters. The van der Waals surface area contributed by atoms with Gasteiger partial charge in [0, 0.05) is 16.5 Å². The molecule has 0 fully saturated rings. The first-order chi connectivity index (χ1) is 11.1. The van der Waals surface area contributed by atoms with E-state index in [9.17, 15) is 4.79 Å². The van der Waals surface area contributed by atoms with Crippen LogP contribution in [0.1, 0.15) is 6.92 Å². The topological polar surface area (TPSA) is 48.4 Å². The van der Waals surface area contributed by atoms with E-state index < -0.39 is 6.10 Å². The molecule has 1 heterocycles. The number of halogens is 1. The molecule has 0 spiro atoms. The molecule has 0 amide bonds. The smallest absolute Gasteiger partial charge is 0.219 e. The van der Waals surface area contributed by atoms with E-state index in [1.54, 1.807) is 43.3 Å². The maximum absolute atomic E-state index is 10.6. The minimum atomic E-state index is -0.476. The van der Waals surface area contributed by atoms with Gasteiger partial charge in [0.2, 0.25) is 5.88 Å². The molecule has 0 bridgehead atoms. The van der Waals surface area contributed by atoms with Gasteiger partial charge >= 0.3 is 0 Å². The third kappa shape index (κ3) is 3.79. The lowest BCUT2D eigenvalue weighted by molar-refractivity contribution is -0.113. The number of carbonyl (C=O) groups excluding carboxylic acids is 1. The van der Waals surface area contributed by atoms with Crippen molar-refractivity contribution in [3.63, 3.8) is 0 Å². The van der Waals surface area contributed by atoms with Crippen LogP contribution in [0.2, 0.25) is 5.02 Å². The average Bonchev–Trinajstić information content (AvgIpc) is 2.56. The maximum atomic E-state index is 10.6. The monoisotopic (exact) mass is 327 g/mol. The molecule has 0 radical (unpaired) electrons. The normalized spacial score (nSPS) is 11.9. The van der Waals surface area contributed by atoms with Crippen molar-refractivity contribution in [3.8, 4) is 17.4 Å². The van der Waals surface area contributed by atoms with E-state index in [1.165, 1.54) is 0 Å². The number of benzene rings is 2. The van der Waals surface area contributed by atoms with Crippen molar-refractivity contribution in [2.24, 2.45) is 0 Å². The first-order valence-corrected chi connectivity index (χ1v) is 7.48. The average molecular weight is 328 g/mol. The summed E-state index contributed by atoms with van der Waals surface area (Å²) >= 11 is 5.96. The molecule has 0 saturated carbocycles. The van der Waals surface area contributed by atoms with Crippen molar-refractivity contribution < 1.29 is 14.3 Å². The molecule has 0 aliphatic heterocycles. The second-order valence-electron chi connectivity index (χ2n) is 5.02. The summed E-state index contributed by atoms with van der Waals surface area (Å²) in [7, 11) is 0. The summed E-state index contributed by atoms with van der Waals surface area (Å²) in [5.74, 6) is 1.74. The van der Waals surface area contributed by atoms with Gasteiger partial charge in [-0.1, -0.05) is 11.6 Å². The standard InChI is InChI=1S/C18H14ClNO3/c1-12(11-21)22-15-4-6-16(7-5-15)23-18-9-2-13-10-14(19)3-8-17(13)20-18/h2-12H,1H3. The molecule has 4 nitrogen and oxygen atoms in total. The van der Waals surface area contributed by atoms with Gasteiger partial charge in [-0.25, -0.2) is 4.98 Å². The lowest BCUT2D eigenvalue weighted by Crippen LogP contribution is -2.12. The number of hydrogen-bond donors (Lipinski definition) is 0. The molecule has 3 aromatic rings. The molecule has 0 aliphatic rings. The number of hydrogen-bond acceptors (Lipinski definition) is 4. The van der Waals surface area contributed by atoms with E-state index in [4.69, 9.17) is 21.1 Å². The lowest BCUT2D eigenvalue weighted by Gasteiger charge is -2.10. The van der Waals surface area contributed by atoms with Gasteiger partial charge in [0.05, 0.1) is 5.52 Å². The number of nitrogens with zero attached hydrogens (tertiary/aromatic N) is 1. The number of fused-ring (bicyclic) bond motifs is 1. The summed E-state index contributed by atoms with van der Waals surface area (Å²) in [6, 6.07) is 16.2. The molecule has 0 N–H and O–H groups in total. The molecular formula is C18H14ClNO3. The fourth-order valence-corrected chi connectivity index (χ4v) is 2.26. The van der Waals surface area contributed by atoms with Gasteiger partial charge in [-0.2, -0.15) is 0 Å². The van der Waals surface area contributed by atoms with Crippen molar-refractivity contribution in [3.05, 3.63) is 59.6 Å². The summed E-state index contributed by atoms with van der Waals surface area (Å²) in [4.78, 5) is 15.0. The Labute approximate surface area is 138 Å². The zero-order chi connectivity index (χ0) is 16.2. The third-order valence-corrected chi connectivity index (χ3v) is 3.42. The van der Waals surface area contributed by atoms with Crippen LogP contribution in [-0.4, -0.2) is 17.4 Å². The van der Waals surface area contributed by atoms with Crippen LogP contribution in [0.25, 0.3) is 10.9 Å². The Hall–Kier alpha value is -2.59. The predicted molar refractivity (Wildman–Crippen MR) is 89.4 cm³/mol. The van der Waals surface area contributed by atoms with E-state index in [0.717, 1.165) is 17.2 Å². The molecule has 116 valence electrons. The highest BCUT2D eigenvalue weighted by Crippen LogP contribution is 2.25. The zero-order valence-corrected chi connectivity index (χ0v) is 13.2. The van der Waals surface area contributed by atoms with Crippen LogP contribution >= 0.6 is 11.6 Å². The van der Waals surface area contributed by atoms with Crippen LogP contribution in [0, 0.1) is 0 Å². The second-order valence-corrected chi connectivity index (χ2v) is 5.46. The zero-order valence-electron chi connectivity index (χ0n) is 12.4. The minimum absolute atomic E-state index is 0.476. The van der Waals surface area contributed by atoms with Crippen molar-refractivity contribution in [2.75, 3.05) is 0 Å². The largest absolute Gasteiger partial charge is 0.483 e. The highest BCUT2D eigenvalue weighted by molar-refractivity contribution is 6.31. The van der Waals surface area contributed by atoms with Gasteiger partial charge in [-0.15, -0.1) is 0 Å². The Morgan fingerprint density at radius 1 is 1.04 bits per heavy atom. The number of pyridine rings is 1. The van der Waals surface area contributed by atoms with Crippen molar-refractivity contribution in [1.29, 1.82) is 0 Å². The van der Waals surface area contributed by atoms with E-state index in [2.05, 4.69) is 4.98 Å². The number of ether oxygens (including phenoxy) is 2. The first-order valence-electron chi connectivity index (χ1n) is 7.10. The molecule has 1 atom stereocenters. The van der Waals surface area contributed by atoms with Gasteiger partial charge in [0.25, 0.3) is 0 Å². The van der Waals surface area contributed by atoms with E-state index in [1.807, 2.05) is 18.2 Å². The lowest BCUT2D eigenvalue weighted by atomic mass is 10.2. The van der Waals surface area contributed by atoms with E-state index in [0.29, 0.717) is 22.4 Å². The van der Waals surface area contributed by atoms with Gasteiger partial charge in [-0.05, 0) is 55.5 Å². The SMILES string of the molecule is CC(C=O)Oc1ccc(Oc2ccc3cc(Cl)ccc3n2)cc1. The van der Waals surface area contributed by atoms with Crippen molar-refractivity contribution in [2.45, 2.75) is 13.0 Å². The number of aldehydes is 1. The van der Waals surface area contributed by atoms with Gasteiger partial charge in [0.15, 0.2) is 12.4 Å². The van der Waals surface area contributed by atoms with E-state index in [-0.39, 0.29) is 0 Å². The van der Waals surface area contributed by atoms with Crippen LogP contribution in [0.5, 0.6) is 17.4 Å².